The van der Waals surface area contributed by atoms with Crippen molar-refractivity contribution < 1.29 is 4.42 Å². The zero-order valence-corrected chi connectivity index (χ0v) is 16.9. The second-order valence-electron chi connectivity index (χ2n) is 5.76. The molecule has 2 aromatic carbocycles. The Morgan fingerprint density at radius 2 is 1.88 bits per heavy atom. The predicted octanol–water partition coefficient (Wildman–Crippen LogP) is 4.52. The molecule has 5 heteroatoms. The minimum absolute atomic E-state index is 0. The number of hydrogen-bond acceptors (Lipinski definition) is 2. The highest BCUT2D eigenvalue weighted by molar-refractivity contribution is 14.0. The summed E-state index contributed by atoms with van der Waals surface area (Å²) in [6.07, 6.45) is 2.53. The Bertz CT molecular complexity index is 809. The number of furan rings is 1. The summed E-state index contributed by atoms with van der Waals surface area (Å²) in [6, 6.07) is 18.9. The molecule has 0 bridgehead atoms. The van der Waals surface area contributed by atoms with Gasteiger partial charge in [-0.15, -0.1) is 24.0 Å². The van der Waals surface area contributed by atoms with Crippen LogP contribution in [0.5, 0.6) is 0 Å². The Morgan fingerprint density at radius 1 is 1.08 bits per heavy atom. The summed E-state index contributed by atoms with van der Waals surface area (Å²) in [4.78, 5) is 4.32. The van der Waals surface area contributed by atoms with Crippen molar-refractivity contribution >= 4 is 40.7 Å². The van der Waals surface area contributed by atoms with Gasteiger partial charge < -0.3 is 15.1 Å². The average molecular weight is 449 g/mol. The van der Waals surface area contributed by atoms with Gasteiger partial charge >= 0.3 is 0 Å². The molecule has 1 heterocycles. The summed E-state index contributed by atoms with van der Waals surface area (Å²) < 4.78 is 5.35. The summed E-state index contributed by atoms with van der Waals surface area (Å²) in [6.45, 7) is 2.93. The van der Waals surface area contributed by atoms with Crippen LogP contribution in [0, 0.1) is 0 Å². The quantitative estimate of drug-likeness (QED) is 0.342. The van der Waals surface area contributed by atoms with Gasteiger partial charge in [0.1, 0.15) is 5.76 Å². The van der Waals surface area contributed by atoms with Crippen molar-refractivity contribution in [1.29, 1.82) is 0 Å². The van der Waals surface area contributed by atoms with Crippen molar-refractivity contribution in [2.45, 2.75) is 19.4 Å². The van der Waals surface area contributed by atoms with E-state index in [2.05, 4.69) is 65.0 Å². The fourth-order valence-corrected chi connectivity index (χ4v) is 2.86. The Morgan fingerprint density at radius 3 is 2.64 bits per heavy atom. The molecule has 3 aromatic rings. The van der Waals surface area contributed by atoms with Crippen molar-refractivity contribution in [1.82, 2.24) is 10.6 Å². The lowest BCUT2D eigenvalue weighted by Gasteiger charge is -2.19. The second kappa shape index (κ2) is 9.46. The van der Waals surface area contributed by atoms with Gasteiger partial charge in [0.15, 0.2) is 5.96 Å². The molecule has 0 radical (unpaired) electrons. The van der Waals surface area contributed by atoms with Crippen molar-refractivity contribution in [3.63, 3.8) is 0 Å². The molecule has 0 aliphatic heterocycles. The maximum atomic E-state index is 5.35. The number of aliphatic imine (C=N–C) groups is 1. The van der Waals surface area contributed by atoms with Crippen LogP contribution in [0.15, 0.2) is 70.3 Å². The van der Waals surface area contributed by atoms with Crippen molar-refractivity contribution in [2.75, 3.05) is 13.6 Å². The lowest BCUT2D eigenvalue weighted by atomic mass is 10.00. The van der Waals surface area contributed by atoms with Gasteiger partial charge in [-0.05, 0) is 35.4 Å². The minimum Gasteiger partial charge on any atom is -0.469 e. The van der Waals surface area contributed by atoms with Crippen LogP contribution >= 0.6 is 24.0 Å². The number of nitrogens with one attached hydrogen (secondary N) is 2. The average Bonchev–Trinajstić information content (AvgIpc) is 3.13. The van der Waals surface area contributed by atoms with E-state index in [1.807, 2.05) is 12.1 Å². The molecule has 0 fully saturated rings. The molecule has 3 rings (SSSR count). The third-order valence-corrected chi connectivity index (χ3v) is 4.11. The van der Waals surface area contributed by atoms with Crippen LogP contribution < -0.4 is 10.6 Å². The van der Waals surface area contributed by atoms with Gasteiger partial charge in [0.05, 0.1) is 12.3 Å². The molecule has 0 aliphatic carbocycles. The smallest absolute Gasteiger partial charge is 0.191 e. The van der Waals surface area contributed by atoms with Gasteiger partial charge in [0.2, 0.25) is 0 Å². The van der Waals surface area contributed by atoms with Crippen LogP contribution in [0.2, 0.25) is 0 Å². The standard InChI is InChI=1S/C20H23N3O.HI/c1-15(18-11-5-8-16-7-3-4-10-19(16)18)23-20(21-2)22-13-12-17-9-6-14-24-17;/h3-11,14-15H,12-13H2,1-2H3,(H2,21,22,23);1H. The summed E-state index contributed by atoms with van der Waals surface area (Å²) in [5, 5.41) is 9.32. The molecular weight excluding hydrogens is 425 g/mol. The first-order valence-corrected chi connectivity index (χ1v) is 8.25. The van der Waals surface area contributed by atoms with Gasteiger partial charge in [-0.2, -0.15) is 0 Å². The molecule has 0 amide bonds. The molecule has 1 unspecified atom stereocenters. The fourth-order valence-electron chi connectivity index (χ4n) is 2.86. The Kier molecular flexibility index (Phi) is 7.31. The minimum atomic E-state index is 0. The molecule has 4 nitrogen and oxygen atoms in total. The third kappa shape index (κ3) is 4.98. The second-order valence-corrected chi connectivity index (χ2v) is 5.76. The van der Waals surface area contributed by atoms with E-state index in [1.54, 1.807) is 13.3 Å². The van der Waals surface area contributed by atoms with Crippen LogP contribution in [0.1, 0.15) is 24.3 Å². The lowest BCUT2D eigenvalue weighted by Crippen LogP contribution is -2.39. The predicted molar refractivity (Wildman–Crippen MR) is 115 cm³/mol. The van der Waals surface area contributed by atoms with Gasteiger partial charge in [0, 0.05) is 20.0 Å². The van der Waals surface area contributed by atoms with E-state index in [1.165, 1.54) is 16.3 Å². The molecule has 132 valence electrons. The molecule has 2 N–H and O–H groups in total. The third-order valence-electron chi connectivity index (χ3n) is 4.11. The highest BCUT2D eigenvalue weighted by Gasteiger charge is 2.10. The van der Waals surface area contributed by atoms with Crippen molar-refractivity contribution in [3.8, 4) is 0 Å². The molecule has 0 saturated heterocycles. The van der Waals surface area contributed by atoms with E-state index in [-0.39, 0.29) is 30.0 Å². The number of fused-ring (bicyclic) bond motifs is 1. The Hall–Kier alpha value is -2.02. The molecule has 0 saturated carbocycles. The molecular formula is C20H24IN3O. The SMILES string of the molecule is CN=C(NCCc1ccco1)NC(C)c1cccc2ccccc12.I. The summed E-state index contributed by atoms with van der Waals surface area (Å²) in [7, 11) is 1.79. The first-order chi connectivity index (χ1) is 11.8. The maximum absolute atomic E-state index is 5.35. The topological polar surface area (TPSA) is 49.6 Å². The first-order valence-electron chi connectivity index (χ1n) is 8.25. The van der Waals surface area contributed by atoms with Crippen LogP contribution in [0.3, 0.4) is 0 Å². The molecule has 1 aromatic heterocycles. The van der Waals surface area contributed by atoms with Crippen LogP contribution in [-0.2, 0) is 6.42 Å². The Balaban J connectivity index is 0.00000225. The van der Waals surface area contributed by atoms with E-state index in [4.69, 9.17) is 4.42 Å². The van der Waals surface area contributed by atoms with Crippen LogP contribution in [0.25, 0.3) is 10.8 Å². The molecule has 0 aliphatic rings. The van der Waals surface area contributed by atoms with E-state index >= 15 is 0 Å². The largest absolute Gasteiger partial charge is 0.469 e. The molecule has 1 atom stereocenters. The van der Waals surface area contributed by atoms with E-state index in [9.17, 15) is 0 Å². The zero-order valence-electron chi connectivity index (χ0n) is 14.5. The molecule has 25 heavy (non-hydrogen) atoms. The normalized spacial score (nSPS) is 12.5. The maximum Gasteiger partial charge on any atom is 0.191 e. The summed E-state index contributed by atoms with van der Waals surface area (Å²) in [5.41, 5.74) is 1.27. The Labute approximate surface area is 165 Å². The highest BCUT2D eigenvalue weighted by atomic mass is 127. The van der Waals surface area contributed by atoms with Gasteiger partial charge in [0.25, 0.3) is 0 Å². The van der Waals surface area contributed by atoms with Gasteiger partial charge in [-0.1, -0.05) is 42.5 Å². The van der Waals surface area contributed by atoms with E-state index in [0.717, 1.165) is 24.7 Å². The number of guanidine groups is 1. The van der Waals surface area contributed by atoms with Gasteiger partial charge in [-0.3, -0.25) is 4.99 Å². The first kappa shape index (κ1) is 19.3. The van der Waals surface area contributed by atoms with Crippen LogP contribution in [0.4, 0.5) is 0 Å². The summed E-state index contributed by atoms with van der Waals surface area (Å²) >= 11 is 0. The van der Waals surface area contributed by atoms with E-state index < -0.39 is 0 Å². The van der Waals surface area contributed by atoms with Crippen LogP contribution in [-0.4, -0.2) is 19.6 Å². The number of rotatable bonds is 5. The van der Waals surface area contributed by atoms with Gasteiger partial charge in [-0.25, -0.2) is 0 Å². The zero-order chi connectivity index (χ0) is 16.8. The fraction of sp³-hybridized carbons (Fsp3) is 0.250. The van der Waals surface area contributed by atoms with Crippen molar-refractivity contribution in [2.24, 2.45) is 4.99 Å². The number of benzene rings is 2. The number of halogens is 1. The van der Waals surface area contributed by atoms with E-state index in [0.29, 0.717) is 0 Å². The summed E-state index contributed by atoms with van der Waals surface area (Å²) in [5.74, 6) is 1.77. The monoisotopic (exact) mass is 449 g/mol. The number of hydrogen-bond donors (Lipinski definition) is 2. The molecule has 0 spiro atoms. The van der Waals surface area contributed by atoms with Crippen molar-refractivity contribution in [3.05, 3.63) is 72.2 Å². The highest BCUT2D eigenvalue weighted by Crippen LogP contribution is 2.23. The lowest BCUT2D eigenvalue weighted by molar-refractivity contribution is 0.506. The number of nitrogens with zero attached hydrogens (tertiary/aromatic N) is 1.